The Labute approximate surface area is 63.7 Å². The van der Waals surface area contributed by atoms with E-state index in [0.717, 1.165) is 11.3 Å². The average molecular weight is 148 g/mol. The first-order chi connectivity index (χ1) is 5.25. The van der Waals surface area contributed by atoms with Crippen molar-refractivity contribution in [3.63, 3.8) is 0 Å². The Bertz CT molecular complexity index is 390. The molecule has 2 rings (SSSR count). The minimum absolute atomic E-state index is 0.642. The van der Waals surface area contributed by atoms with E-state index in [1.54, 1.807) is 16.8 Å². The van der Waals surface area contributed by atoms with E-state index in [9.17, 15) is 0 Å². The largest absolute Gasteiger partial charge is 0.397 e. The van der Waals surface area contributed by atoms with E-state index in [-0.39, 0.29) is 0 Å². The van der Waals surface area contributed by atoms with Crippen molar-refractivity contribution in [2.24, 2.45) is 0 Å². The number of anilines is 1. The highest BCUT2D eigenvalue weighted by molar-refractivity contribution is 5.49. The lowest BCUT2D eigenvalue weighted by Crippen LogP contribution is -1.92. The summed E-state index contributed by atoms with van der Waals surface area (Å²) in [6, 6.07) is 1.79. The molecule has 0 saturated carbocycles. The molecule has 0 atom stereocenters. The summed E-state index contributed by atoms with van der Waals surface area (Å²) in [6.07, 6.45) is 3.46. The molecule has 11 heavy (non-hydrogen) atoms. The summed E-state index contributed by atoms with van der Waals surface area (Å²) in [5.41, 5.74) is 7.90. The summed E-state index contributed by atoms with van der Waals surface area (Å²) in [5.74, 6) is 0. The zero-order valence-electron chi connectivity index (χ0n) is 6.15. The molecule has 0 spiro atoms. The fourth-order valence-corrected chi connectivity index (χ4v) is 1.01. The topological polar surface area (TPSA) is 56.2 Å². The van der Waals surface area contributed by atoms with E-state index >= 15 is 0 Å². The third-order valence-electron chi connectivity index (χ3n) is 1.46. The zero-order chi connectivity index (χ0) is 7.84. The summed E-state index contributed by atoms with van der Waals surface area (Å²) in [4.78, 5) is 4.19. The highest BCUT2D eigenvalue weighted by Gasteiger charge is 1.96. The molecule has 0 radical (unpaired) electrons. The number of hydrogen-bond acceptors (Lipinski definition) is 3. The first-order valence-corrected chi connectivity index (χ1v) is 3.33. The number of nitrogens with zero attached hydrogens (tertiary/aromatic N) is 3. The fraction of sp³-hybridized carbons (Fsp3) is 0.143. The van der Waals surface area contributed by atoms with Gasteiger partial charge in [-0.3, -0.25) is 0 Å². The Hall–Kier alpha value is -1.58. The lowest BCUT2D eigenvalue weighted by molar-refractivity contribution is 0.937. The van der Waals surface area contributed by atoms with Crippen LogP contribution in [0.15, 0.2) is 18.5 Å². The second-order valence-electron chi connectivity index (χ2n) is 2.47. The van der Waals surface area contributed by atoms with Crippen molar-refractivity contribution in [1.82, 2.24) is 14.6 Å². The van der Waals surface area contributed by atoms with Gasteiger partial charge in [-0.15, -0.1) is 0 Å². The van der Waals surface area contributed by atoms with Crippen LogP contribution in [0.2, 0.25) is 0 Å². The quantitative estimate of drug-likeness (QED) is 0.595. The molecule has 4 nitrogen and oxygen atoms in total. The van der Waals surface area contributed by atoms with Crippen molar-refractivity contribution in [2.75, 3.05) is 5.73 Å². The van der Waals surface area contributed by atoms with Gasteiger partial charge in [-0.2, -0.15) is 5.10 Å². The maximum atomic E-state index is 5.52. The van der Waals surface area contributed by atoms with E-state index in [1.165, 1.54) is 0 Å². The Morgan fingerprint density at radius 1 is 1.55 bits per heavy atom. The molecular weight excluding hydrogens is 140 g/mol. The van der Waals surface area contributed by atoms with Gasteiger partial charge in [-0.05, 0) is 6.92 Å². The third-order valence-corrected chi connectivity index (χ3v) is 1.46. The Kier molecular flexibility index (Phi) is 1.09. The maximum Gasteiger partial charge on any atom is 0.155 e. The van der Waals surface area contributed by atoms with Crippen molar-refractivity contribution in [2.45, 2.75) is 6.92 Å². The number of nitrogens with two attached hydrogens (primary N) is 1. The number of fused-ring (bicyclic) bond motifs is 1. The van der Waals surface area contributed by atoms with Gasteiger partial charge < -0.3 is 5.73 Å². The van der Waals surface area contributed by atoms with Crippen LogP contribution in [-0.4, -0.2) is 14.6 Å². The minimum Gasteiger partial charge on any atom is -0.397 e. The van der Waals surface area contributed by atoms with Crippen LogP contribution in [0.1, 0.15) is 5.69 Å². The summed E-state index contributed by atoms with van der Waals surface area (Å²) in [7, 11) is 0. The molecule has 0 aliphatic rings. The Balaban J connectivity index is 2.82. The standard InChI is InChI=1S/C7H8N4/c1-5-4-11-7(10-5)2-6(8)3-9-11/h2-4H,8H2,1H3. The molecule has 56 valence electrons. The third kappa shape index (κ3) is 0.920. The predicted molar refractivity (Wildman–Crippen MR) is 42.1 cm³/mol. The van der Waals surface area contributed by atoms with E-state index < -0.39 is 0 Å². The molecule has 0 bridgehead atoms. The number of aromatic nitrogens is 3. The molecular formula is C7H8N4. The van der Waals surface area contributed by atoms with Crippen LogP contribution in [0.3, 0.4) is 0 Å². The van der Waals surface area contributed by atoms with Crippen molar-refractivity contribution < 1.29 is 0 Å². The fourth-order valence-electron chi connectivity index (χ4n) is 1.01. The van der Waals surface area contributed by atoms with Gasteiger partial charge in [0.05, 0.1) is 23.8 Å². The molecule has 0 aromatic carbocycles. The van der Waals surface area contributed by atoms with Crippen LogP contribution in [0.4, 0.5) is 5.69 Å². The SMILES string of the molecule is Cc1cn2ncc(N)cc2n1. The van der Waals surface area contributed by atoms with Crippen LogP contribution in [0.25, 0.3) is 5.65 Å². The smallest absolute Gasteiger partial charge is 0.155 e. The van der Waals surface area contributed by atoms with Crippen LogP contribution in [0, 0.1) is 6.92 Å². The van der Waals surface area contributed by atoms with Crippen molar-refractivity contribution in [3.8, 4) is 0 Å². The normalized spacial score (nSPS) is 10.6. The van der Waals surface area contributed by atoms with Gasteiger partial charge in [-0.25, -0.2) is 9.50 Å². The van der Waals surface area contributed by atoms with Gasteiger partial charge in [0.2, 0.25) is 0 Å². The lowest BCUT2D eigenvalue weighted by atomic mass is 10.5. The lowest BCUT2D eigenvalue weighted by Gasteiger charge is -1.91. The monoisotopic (exact) mass is 148 g/mol. The van der Waals surface area contributed by atoms with Gasteiger partial charge in [-0.1, -0.05) is 0 Å². The number of nitrogen functional groups attached to an aromatic ring is 1. The highest BCUT2D eigenvalue weighted by atomic mass is 15.2. The molecule has 0 amide bonds. The van der Waals surface area contributed by atoms with Crippen molar-refractivity contribution in [1.29, 1.82) is 0 Å². The molecule has 0 unspecified atom stereocenters. The van der Waals surface area contributed by atoms with Gasteiger partial charge in [0.1, 0.15) is 0 Å². The molecule has 2 N–H and O–H groups in total. The van der Waals surface area contributed by atoms with Crippen LogP contribution >= 0.6 is 0 Å². The van der Waals surface area contributed by atoms with Crippen LogP contribution < -0.4 is 5.73 Å². The van der Waals surface area contributed by atoms with Gasteiger partial charge in [0, 0.05) is 6.07 Å². The predicted octanol–water partition coefficient (Wildman–Crippen LogP) is 0.620. The second-order valence-corrected chi connectivity index (χ2v) is 2.47. The molecule has 2 heterocycles. The average Bonchev–Trinajstić information content (AvgIpc) is 2.27. The molecule has 0 saturated heterocycles. The van der Waals surface area contributed by atoms with E-state index in [4.69, 9.17) is 5.73 Å². The van der Waals surface area contributed by atoms with Crippen LogP contribution in [0.5, 0.6) is 0 Å². The minimum atomic E-state index is 0.642. The number of rotatable bonds is 0. The molecule has 2 aromatic rings. The van der Waals surface area contributed by atoms with E-state index in [1.807, 2.05) is 13.1 Å². The maximum absolute atomic E-state index is 5.52. The summed E-state index contributed by atoms with van der Waals surface area (Å²) in [5, 5.41) is 4.03. The van der Waals surface area contributed by atoms with E-state index in [0.29, 0.717) is 5.69 Å². The Morgan fingerprint density at radius 2 is 2.36 bits per heavy atom. The van der Waals surface area contributed by atoms with Crippen molar-refractivity contribution in [3.05, 3.63) is 24.2 Å². The van der Waals surface area contributed by atoms with Gasteiger partial charge in [0.15, 0.2) is 5.65 Å². The van der Waals surface area contributed by atoms with Gasteiger partial charge in [0.25, 0.3) is 0 Å². The first kappa shape index (κ1) is 6.15. The van der Waals surface area contributed by atoms with Crippen LogP contribution in [-0.2, 0) is 0 Å². The second kappa shape index (κ2) is 1.95. The van der Waals surface area contributed by atoms with Gasteiger partial charge >= 0.3 is 0 Å². The van der Waals surface area contributed by atoms with Crippen molar-refractivity contribution >= 4 is 11.3 Å². The Morgan fingerprint density at radius 3 is 3.18 bits per heavy atom. The summed E-state index contributed by atoms with van der Waals surface area (Å²) >= 11 is 0. The van der Waals surface area contributed by atoms with E-state index in [2.05, 4.69) is 10.1 Å². The summed E-state index contributed by atoms with van der Waals surface area (Å²) in [6.45, 7) is 1.92. The number of aryl methyl sites for hydroxylation is 1. The molecule has 0 fully saturated rings. The summed E-state index contributed by atoms with van der Waals surface area (Å²) < 4.78 is 1.70. The number of imidazole rings is 1. The molecule has 0 aliphatic carbocycles. The molecule has 2 aromatic heterocycles. The molecule has 4 heteroatoms. The number of hydrogen-bond donors (Lipinski definition) is 1. The first-order valence-electron chi connectivity index (χ1n) is 3.33. The highest BCUT2D eigenvalue weighted by Crippen LogP contribution is 2.05. The molecule has 0 aliphatic heterocycles. The zero-order valence-corrected chi connectivity index (χ0v) is 6.15.